The van der Waals surface area contributed by atoms with E-state index in [9.17, 15) is 5.11 Å². The van der Waals surface area contributed by atoms with Crippen LogP contribution in [0, 0.1) is 17.8 Å². The fourth-order valence-electron chi connectivity index (χ4n) is 3.39. The van der Waals surface area contributed by atoms with Gasteiger partial charge in [0.25, 0.3) is 0 Å². The van der Waals surface area contributed by atoms with Crippen LogP contribution in [0.5, 0.6) is 0 Å². The molecular weight excluding hydrogens is 222 g/mol. The van der Waals surface area contributed by atoms with Crippen molar-refractivity contribution in [1.82, 2.24) is 0 Å². The van der Waals surface area contributed by atoms with Crippen molar-refractivity contribution >= 4 is 5.69 Å². The molecule has 2 aliphatic carbocycles. The fourth-order valence-corrected chi connectivity index (χ4v) is 3.39. The summed E-state index contributed by atoms with van der Waals surface area (Å²) in [6.07, 6.45) is 7.04. The maximum absolute atomic E-state index is 9.75. The van der Waals surface area contributed by atoms with E-state index in [2.05, 4.69) is 23.5 Å². The Kier molecular flexibility index (Phi) is 3.13. The van der Waals surface area contributed by atoms with Gasteiger partial charge < -0.3 is 10.4 Å². The zero-order valence-corrected chi connectivity index (χ0v) is 10.8. The molecule has 18 heavy (non-hydrogen) atoms. The van der Waals surface area contributed by atoms with E-state index in [1.54, 1.807) is 0 Å². The van der Waals surface area contributed by atoms with Crippen LogP contribution in [0.15, 0.2) is 36.4 Å². The number of para-hydroxylation sites is 1. The number of benzene rings is 1. The molecule has 0 heterocycles. The van der Waals surface area contributed by atoms with Crippen molar-refractivity contribution in [3.8, 4) is 0 Å². The molecule has 4 atom stereocenters. The largest absolute Gasteiger partial charge is 0.389 e. The van der Waals surface area contributed by atoms with Crippen LogP contribution in [-0.2, 0) is 0 Å². The van der Waals surface area contributed by atoms with Gasteiger partial charge in [0.2, 0.25) is 0 Å². The number of aliphatic hydroxyl groups is 1. The first-order valence-electron chi connectivity index (χ1n) is 6.93. The Hall–Kier alpha value is -1.28. The summed E-state index contributed by atoms with van der Waals surface area (Å²) in [6.45, 7) is 2.84. The number of anilines is 1. The van der Waals surface area contributed by atoms with E-state index in [0.717, 1.165) is 35.5 Å². The van der Waals surface area contributed by atoms with E-state index >= 15 is 0 Å². The first-order chi connectivity index (χ1) is 8.74. The monoisotopic (exact) mass is 243 g/mol. The van der Waals surface area contributed by atoms with E-state index in [4.69, 9.17) is 0 Å². The van der Waals surface area contributed by atoms with Crippen molar-refractivity contribution in [1.29, 1.82) is 0 Å². The van der Waals surface area contributed by atoms with Gasteiger partial charge in [-0.3, -0.25) is 0 Å². The second kappa shape index (κ2) is 4.77. The molecule has 0 amide bonds. The van der Waals surface area contributed by atoms with Gasteiger partial charge in [0, 0.05) is 17.8 Å². The lowest BCUT2D eigenvalue weighted by molar-refractivity contribution is 0.200. The zero-order valence-electron chi connectivity index (χ0n) is 10.8. The first-order valence-corrected chi connectivity index (χ1v) is 6.93. The summed E-state index contributed by atoms with van der Waals surface area (Å²) < 4.78 is 0. The van der Waals surface area contributed by atoms with E-state index in [0.29, 0.717) is 0 Å². The summed E-state index contributed by atoms with van der Waals surface area (Å²) in [5.74, 6) is 2.37. The van der Waals surface area contributed by atoms with E-state index < -0.39 is 6.10 Å². The van der Waals surface area contributed by atoms with Crippen LogP contribution in [0.2, 0.25) is 0 Å². The third kappa shape index (κ3) is 2.17. The first kappa shape index (κ1) is 11.8. The molecule has 2 N–H and O–H groups in total. The number of aliphatic hydroxyl groups excluding tert-OH is 1. The predicted octanol–water partition coefficient (Wildman–Crippen LogP) is 3.36. The number of hydrogen-bond acceptors (Lipinski definition) is 2. The Balaban J connectivity index is 1.65. The third-order valence-electron chi connectivity index (χ3n) is 4.38. The maximum Gasteiger partial charge on any atom is 0.0781 e. The highest BCUT2D eigenvalue weighted by atomic mass is 16.3. The molecular formula is C16H21NO. The van der Waals surface area contributed by atoms with Crippen molar-refractivity contribution in [2.24, 2.45) is 17.8 Å². The number of rotatable bonds is 4. The molecule has 2 heteroatoms. The topological polar surface area (TPSA) is 32.3 Å². The molecule has 2 bridgehead atoms. The van der Waals surface area contributed by atoms with Gasteiger partial charge in [-0.25, -0.2) is 0 Å². The van der Waals surface area contributed by atoms with Crippen LogP contribution in [0.3, 0.4) is 0 Å². The van der Waals surface area contributed by atoms with Crippen LogP contribution in [0.25, 0.3) is 0 Å². The Labute approximate surface area is 109 Å². The van der Waals surface area contributed by atoms with Gasteiger partial charge in [-0.1, -0.05) is 30.4 Å². The van der Waals surface area contributed by atoms with Gasteiger partial charge in [0.15, 0.2) is 0 Å². The van der Waals surface area contributed by atoms with Gasteiger partial charge in [-0.2, -0.15) is 0 Å². The van der Waals surface area contributed by atoms with Gasteiger partial charge in [0.05, 0.1) is 6.10 Å². The van der Waals surface area contributed by atoms with Crippen LogP contribution >= 0.6 is 0 Å². The Morgan fingerprint density at radius 1 is 1.28 bits per heavy atom. The molecule has 1 saturated carbocycles. The summed E-state index contributed by atoms with van der Waals surface area (Å²) in [6, 6.07) is 8.06. The molecule has 0 saturated heterocycles. The van der Waals surface area contributed by atoms with Crippen LogP contribution in [0.1, 0.15) is 31.4 Å². The summed E-state index contributed by atoms with van der Waals surface area (Å²) >= 11 is 0. The molecule has 0 radical (unpaired) electrons. The van der Waals surface area contributed by atoms with Gasteiger partial charge in [-0.05, 0) is 43.6 Å². The molecule has 2 nitrogen and oxygen atoms in total. The van der Waals surface area contributed by atoms with Gasteiger partial charge in [0.1, 0.15) is 0 Å². The molecule has 96 valence electrons. The lowest BCUT2D eigenvalue weighted by Crippen LogP contribution is -2.19. The highest BCUT2D eigenvalue weighted by Crippen LogP contribution is 2.43. The van der Waals surface area contributed by atoms with Crippen LogP contribution in [-0.4, -0.2) is 11.7 Å². The second-order valence-electron chi connectivity index (χ2n) is 5.68. The molecule has 0 spiro atoms. The molecule has 3 rings (SSSR count). The minimum Gasteiger partial charge on any atom is -0.389 e. The second-order valence-corrected chi connectivity index (χ2v) is 5.68. The number of hydrogen-bond donors (Lipinski definition) is 2. The maximum atomic E-state index is 9.75. The number of fused-ring (bicyclic) bond motifs is 2. The highest BCUT2D eigenvalue weighted by molar-refractivity contribution is 5.52. The standard InChI is InChI=1S/C16H21NO/c1-11(18)15-4-2-3-5-16(15)17-10-14-9-12-6-7-13(14)8-12/h2-7,11-14,17-18H,8-10H2,1H3. The average molecular weight is 243 g/mol. The Morgan fingerprint density at radius 3 is 2.78 bits per heavy atom. The van der Waals surface area contributed by atoms with E-state index in [-0.39, 0.29) is 0 Å². The van der Waals surface area contributed by atoms with E-state index in [1.165, 1.54) is 12.8 Å². The predicted molar refractivity (Wildman–Crippen MR) is 74.4 cm³/mol. The third-order valence-corrected chi connectivity index (χ3v) is 4.38. The van der Waals surface area contributed by atoms with Gasteiger partial charge >= 0.3 is 0 Å². The SMILES string of the molecule is CC(O)c1ccccc1NCC1CC2C=CC1C2. The minimum absolute atomic E-state index is 0.409. The normalized spacial score (nSPS) is 30.7. The summed E-state index contributed by atoms with van der Waals surface area (Å²) in [4.78, 5) is 0. The minimum atomic E-state index is -0.409. The lowest BCUT2D eigenvalue weighted by Gasteiger charge is -2.21. The van der Waals surface area contributed by atoms with Crippen molar-refractivity contribution < 1.29 is 5.11 Å². The zero-order chi connectivity index (χ0) is 12.5. The molecule has 0 aromatic heterocycles. The molecule has 1 fully saturated rings. The average Bonchev–Trinajstić information content (AvgIpc) is 2.98. The summed E-state index contributed by atoms with van der Waals surface area (Å²) in [5.41, 5.74) is 2.08. The molecule has 1 aromatic rings. The summed E-state index contributed by atoms with van der Waals surface area (Å²) in [7, 11) is 0. The van der Waals surface area contributed by atoms with Crippen molar-refractivity contribution in [3.63, 3.8) is 0 Å². The Bertz CT molecular complexity index is 452. The molecule has 0 aliphatic heterocycles. The highest BCUT2D eigenvalue weighted by Gasteiger charge is 2.35. The molecule has 2 aliphatic rings. The smallest absolute Gasteiger partial charge is 0.0781 e. The van der Waals surface area contributed by atoms with Gasteiger partial charge in [-0.15, -0.1) is 0 Å². The lowest BCUT2D eigenvalue weighted by atomic mass is 9.93. The molecule has 1 aromatic carbocycles. The van der Waals surface area contributed by atoms with Crippen molar-refractivity contribution in [3.05, 3.63) is 42.0 Å². The fraction of sp³-hybridized carbons (Fsp3) is 0.500. The quantitative estimate of drug-likeness (QED) is 0.795. The number of allylic oxidation sites excluding steroid dienone is 2. The van der Waals surface area contributed by atoms with Crippen LogP contribution in [0.4, 0.5) is 5.69 Å². The van der Waals surface area contributed by atoms with Crippen LogP contribution < -0.4 is 5.32 Å². The number of nitrogens with one attached hydrogen (secondary N) is 1. The van der Waals surface area contributed by atoms with E-state index in [1.807, 2.05) is 25.1 Å². The van der Waals surface area contributed by atoms with Crippen molar-refractivity contribution in [2.45, 2.75) is 25.9 Å². The van der Waals surface area contributed by atoms with Crippen molar-refractivity contribution in [2.75, 3.05) is 11.9 Å². The Morgan fingerprint density at radius 2 is 2.11 bits per heavy atom. The summed E-state index contributed by atoms with van der Waals surface area (Å²) in [5, 5.41) is 13.3. The molecule has 4 unspecified atom stereocenters.